The zero-order chi connectivity index (χ0) is 25.4. The molecule has 1 atom stereocenters. The second kappa shape index (κ2) is 9.14. The van der Waals surface area contributed by atoms with Gasteiger partial charge in [-0.1, -0.05) is 36.4 Å². The summed E-state index contributed by atoms with van der Waals surface area (Å²) in [5.41, 5.74) is 5.86. The van der Waals surface area contributed by atoms with E-state index in [2.05, 4.69) is 15.5 Å². The molecule has 9 heteroatoms. The average molecular weight is 488 g/mol. The van der Waals surface area contributed by atoms with Crippen molar-refractivity contribution in [3.8, 4) is 11.3 Å². The molecule has 2 N–H and O–H groups in total. The van der Waals surface area contributed by atoms with Crippen molar-refractivity contribution >= 4 is 35.0 Å². The van der Waals surface area contributed by atoms with E-state index in [4.69, 9.17) is 4.74 Å². The van der Waals surface area contributed by atoms with Gasteiger partial charge in [-0.15, -0.1) is 5.12 Å². The molecule has 3 amide bonds. The summed E-state index contributed by atoms with van der Waals surface area (Å²) in [7, 11) is 0. The summed E-state index contributed by atoms with van der Waals surface area (Å²) in [6.45, 7) is 5.97. The van der Waals surface area contributed by atoms with Crippen LogP contribution in [-0.4, -0.2) is 57.3 Å². The maximum Gasteiger partial charge on any atom is 0.410 e. The van der Waals surface area contributed by atoms with E-state index >= 15 is 0 Å². The molecule has 0 saturated carbocycles. The molecule has 9 nitrogen and oxygen atoms in total. The SMILES string of the molecule is CC(C)(C)OC(=O)N1CCC[C@H]1CC(=O)NN1N=Cc2c(-c3ccccc3)[nH]c3cccc(c23)C1=O. The van der Waals surface area contributed by atoms with Crippen molar-refractivity contribution in [1.29, 1.82) is 0 Å². The van der Waals surface area contributed by atoms with Crippen molar-refractivity contribution < 1.29 is 19.1 Å². The Morgan fingerprint density at radius 1 is 1.14 bits per heavy atom. The van der Waals surface area contributed by atoms with Gasteiger partial charge in [0, 0.05) is 35.5 Å². The molecule has 0 spiro atoms. The fraction of sp³-hybridized carbons (Fsp3) is 0.333. The van der Waals surface area contributed by atoms with Crippen LogP contribution in [0.3, 0.4) is 0 Å². The van der Waals surface area contributed by atoms with Gasteiger partial charge in [0.25, 0.3) is 5.91 Å². The topological polar surface area (TPSA) is 107 Å². The Morgan fingerprint density at radius 3 is 2.67 bits per heavy atom. The second-order valence-electron chi connectivity index (χ2n) is 10.1. The quantitative estimate of drug-likeness (QED) is 0.567. The predicted molar refractivity (Wildman–Crippen MR) is 136 cm³/mol. The first kappa shape index (κ1) is 23.6. The highest BCUT2D eigenvalue weighted by atomic mass is 16.6. The van der Waals surface area contributed by atoms with Gasteiger partial charge in [-0.3, -0.25) is 9.59 Å². The first-order valence-corrected chi connectivity index (χ1v) is 12.1. The van der Waals surface area contributed by atoms with Crippen molar-refractivity contribution in [2.24, 2.45) is 5.10 Å². The number of amides is 3. The van der Waals surface area contributed by atoms with Crippen LogP contribution in [0.1, 0.15) is 56.0 Å². The summed E-state index contributed by atoms with van der Waals surface area (Å²) < 4.78 is 5.49. The summed E-state index contributed by atoms with van der Waals surface area (Å²) in [5, 5.41) is 6.06. The van der Waals surface area contributed by atoms with Crippen LogP contribution in [0.15, 0.2) is 53.6 Å². The van der Waals surface area contributed by atoms with Crippen LogP contribution >= 0.6 is 0 Å². The largest absolute Gasteiger partial charge is 0.444 e. The van der Waals surface area contributed by atoms with E-state index in [1.807, 2.05) is 57.2 Å². The number of aromatic nitrogens is 1. The van der Waals surface area contributed by atoms with Crippen molar-refractivity contribution in [2.75, 3.05) is 6.54 Å². The van der Waals surface area contributed by atoms with Crippen LogP contribution in [0.5, 0.6) is 0 Å². The van der Waals surface area contributed by atoms with Gasteiger partial charge in [-0.25, -0.2) is 10.2 Å². The first-order valence-electron chi connectivity index (χ1n) is 12.1. The Bertz CT molecular complexity index is 1360. The number of nitrogens with one attached hydrogen (secondary N) is 2. The standard InChI is InChI=1S/C27H29N5O4/c1-27(2,3)36-26(35)31-14-8-11-18(31)15-22(33)30-32-25(34)19-12-7-13-21-23(19)20(16-28-32)24(29-21)17-9-5-4-6-10-17/h4-7,9-10,12-13,16,18,29H,8,11,14-15H2,1-3H3,(H,30,33)/t18-/m0/s1. The molecule has 1 fully saturated rings. The molecule has 2 aliphatic rings. The lowest BCUT2D eigenvalue weighted by Gasteiger charge is -2.28. The smallest absolute Gasteiger partial charge is 0.410 e. The minimum Gasteiger partial charge on any atom is -0.444 e. The van der Waals surface area contributed by atoms with Crippen LogP contribution in [-0.2, 0) is 9.53 Å². The molecule has 3 heterocycles. The third-order valence-electron chi connectivity index (χ3n) is 6.31. The van der Waals surface area contributed by atoms with Crippen LogP contribution in [0.2, 0.25) is 0 Å². The number of carbonyl (C=O) groups is 3. The van der Waals surface area contributed by atoms with Gasteiger partial charge in [0.05, 0.1) is 17.5 Å². The highest BCUT2D eigenvalue weighted by Crippen LogP contribution is 2.33. The molecule has 0 radical (unpaired) electrons. The Labute approximate surface area is 209 Å². The highest BCUT2D eigenvalue weighted by molar-refractivity contribution is 6.17. The average Bonchev–Trinajstić information content (AvgIpc) is 3.42. The molecule has 5 rings (SSSR count). The Morgan fingerprint density at radius 2 is 1.92 bits per heavy atom. The van der Waals surface area contributed by atoms with Crippen molar-refractivity contribution in [2.45, 2.75) is 51.7 Å². The minimum atomic E-state index is -0.615. The van der Waals surface area contributed by atoms with Gasteiger partial charge in [-0.05, 0) is 51.3 Å². The van der Waals surface area contributed by atoms with Crippen molar-refractivity contribution in [3.63, 3.8) is 0 Å². The second-order valence-corrected chi connectivity index (χ2v) is 10.1. The number of hydrogen-bond acceptors (Lipinski definition) is 5. The number of ether oxygens (including phenoxy) is 1. The van der Waals surface area contributed by atoms with Crippen molar-refractivity contribution in [1.82, 2.24) is 20.4 Å². The lowest BCUT2D eigenvalue weighted by atomic mass is 10.0. The summed E-state index contributed by atoms with van der Waals surface area (Å²) >= 11 is 0. The van der Waals surface area contributed by atoms with E-state index in [0.29, 0.717) is 18.5 Å². The van der Waals surface area contributed by atoms with E-state index in [0.717, 1.165) is 39.3 Å². The third-order valence-corrected chi connectivity index (χ3v) is 6.31. The van der Waals surface area contributed by atoms with Crippen LogP contribution < -0.4 is 5.43 Å². The molecule has 2 aromatic carbocycles. The molecular weight excluding hydrogens is 458 g/mol. The number of rotatable bonds is 4. The summed E-state index contributed by atoms with van der Waals surface area (Å²) in [5.74, 6) is -0.831. The van der Waals surface area contributed by atoms with Gasteiger partial charge in [0.2, 0.25) is 5.91 Å². The molecule has 3 aromatic rings. The molecule has 2 aliphatic heterocycles. The molecule has 0 unspecified atom stereocenters. The van der Waals surface area contributed by atoms with E-state index in [1.165, 1.54) is 0 Å². The van der Waals surface area contributed by atoms with Gasteiger partial charge < -0.3 is 14.6 Å². The number of likely N-dealkylation sites (tertiary alicyclic amines) is 1. The number of benzene rings is 2. The molecule has 1 saturated heterocycles. The number of hydrazine groups is 1. The maximum absolute atomic E-state index is 13.4. The van der Waals surface area contributed by atoms with Gasteiger partial charge in [-0.2, -0.15) is 5.10 Å². The molecule has 36 heavy (non-hydrogen) atoms. The summed E-state index contributed by atoms with van der Waals surface area (Å²) in [6, 6.07) is 15.0. The number of nitrogens with zero attached hydrogens (tertiary/aromatic N) is 3. The van der Waals surface area contributed by atoms with E-state index in [-0.39, 0.29) is 12.5 Å². The Kier molecular flexibility index (Phi) is 5.99. The molecule has 0 bridgehead atoms. The molecule has 186 valence electrons. The molecule has 0 aliphatic carbocycles. The van der Waals surface area contributed by atoms with Crippen LogP contribution in [0.4, 0.5) is 4.79 Å². The fourth-order valence-electron chi connectivity index (χ4n) is 4.76. The van der Waals surface area contributed by atoms with E-state index in [9.17, 15) is 14.4 Å². The lowest BCUT2D eigenvalue weighted by Crippen LogP contribution is -2.46. The van der Waals surface area contributed by atoms with Crippen LogP contribution in [0.25, 0.3) is 22.2 Å². The van der Waals surface area contributed by atoms with Gasteiger partial charge >= 0.3 is 6.09 Å². The van der Waals surface area contributed by atoms with Crippen LogP contribution in [0, 0.1) is 0 Å². The summed E-state index contributed by atoms with van der Waals surface area (Å²) in [6.07, 6.45) is 2.69. The van der Waals surface area contributed by atoms with E-state index < -0.39 is 23.5 Å². The Balaban J connectivity index is 1.36. The zero-order valence-electron chi connectivity index (χ0n) is 20.6. The van der Waals surface area contributed by atoms with E-state index in [1.54, 1.807) is 23.2 Å². The van der Waals surface area contributed by atoms with Crippen molar-refractivity contribution in [3.05, 3.63) is 59.7 Å². The minimum absolute atomic E-state index is 0.0466. The zero-order valence-corrected chi connectivity index (χ0v) is 20.6. The Hall–Kier alpha value is -4.14. The number of H-pyrrole nitrogens is 1. The third kappa shape index (κ3) is 4.56. The fourth-order valence-corrected chi connectivity index (χ4v) is 4.76. The lowest BCUT2D eigenvalue weighted by molar-refractivity contribution is -0.125. The molecule has 1 aromatic heterocycles. The summed E-state index contributed by atoms with van der Waals surface area (Å²) in [4.78, 5) is 43.9. The monoisotopic (exact) mass is 487 g/mol. The predicted octanol–water partition coefficient (Wildman–Crippen LogP) is 4.45. The highest BCUT2D eigenvalue weighted by Gasteiger charge is 2.34. The first-order chi connectivity index (χ1) is 17.2. The number of carbonyl (C=O) groups excluding carboxylic acids is 3. The number of hydrazone groups is 1. The molecular formula is C27H29N5O4. The number of aromatic amines is 1. The number of hydrogen-bond donors (Lipinski definition) is 2. The maximum atomic E-state index is 13.4. The normalized spacial score (nSPS) is 17.4. The van der Waals surface area contributed by atoms with Gasteiger partial charge in [0.15, 0.2) is 0 Å². The van der Waals surface area contributed by atoms with Gasteiger partial charge in [0.1, 0.15) is 5.60 Å².